The predicted octanol–water partition coefficient (Wildman–Crippen LogP) is 3.34. The summed E-state index contributed by atoms with van der Waals surface area (Å²) in [5.74, 6) is 1.10. The van der Waals surface area contributed by atoms with E-state index >= 15 is 0 Å². The molecule has 0 aromatic carbocycles. The molecular weight excluding hydrogens is 258 g/mol. The zero-order valence-electron chi connectivity index (χ0n) is 9.95. The fourth-order valence-electron chi connectivity index (χ4n) is 1.19. The Morgan fingerprint density at radius 2 is 2.12 bits per heavy atom. The molecule has 0 aliphatic heterocycles. The van der Waals surface area contributed by atoms with Gasteiger partial charge in [-0.25, -0.2) is 0 Å². The van der Waals surface area contributed by atoms with Gasteiger partial charge in [-0.1, -0.05) is 11.6 Å². The molecule has 0 saturated carbocycles. The molecule has 0 atom stereocenters. The van der Waals surface area contributed by atoms with Gasteiger partial charge in [-0.2, -0.15) is 0 Å². The van der Waals surface area contributed by atoms with E-state index in [-0.39, 0.29) is 5.54 Å². The second-order valence-corrected chi connectivity index (χ2v) is 6.42. The van der Waals surface area contributed by atoms with Gasteiger partial charge in [0.25, 0.3) is 5.89 Å². The molecule has 92 valence electrons. The molecule has 2 aromatic rings. The maximum Gasteiger partial charge on any atom is 0.257 e. The summed E-state index contributed by atoms with van der Waals surface area (Å²) in [4.78, 5) is 0.893. The Bertz CT molecular complexity index is 501. The fourth-order valence-corrected chi connectivity index (χ4v) is 2.16. The summed E-state index contributed by atoms with van der Waals surface area (Å²) in [6.07, 6.45) is 0. The van der Waals surface area contributed by atoms with Gasteiger partial charge in [0.05, 0.1) is 15.8 Å². The van der Waals surface area contributed by atoms with Gasteiger partial charge in [0.2, 0.25) is 5.89 Å². The van der Waals surface area contributed by atoms with Crippen molar-refractivity contribution in [1.29, 1.82) is 0 Å². The Morgan fingerprint density at radius 1 is 1.35 bits per heavy atom. The minimum absolute atomic E-state index is 0.0286. The molecule has 0 amide bonds. The molecule has 4 nitrogen and oxygen atoms in total. The fraction of sp³-hybridized carbons (Fsp3) is 0.455. The Balaban J connectivity index is 2.06. The van der Waals surface area contributed by atoms with E-state index in [0.717, 1.165) is 4.88 Å². The molecule has 0 aliphatic carbocycles. The van der Waals surface area contributed by atoms with Gasteiger partial charge >= 0.3 is 0 Å². The van der Waals surface area contributed by atoms with Crippen LogP contribution in [-0.2, 0) is 6.54 Å². The standard InChI is InChI=1S/C11H14ClN3OS/c1-11(2,3)13-6-9-14-15-10(16-9)7-4-5-8(12)17-7/h4-5,13H,6H2,1-3H3. The average Bonchev–Trinajstić information content (AvgIpc) is 2.81. The second kappa shape index (κ2) is 4.76. The smallest absolute Gasteiger partial charge is 0.257 e. The van der Waals surface area contributed by atoms with Crippen molar-refractivity contribution in [2.45, 2.75) is 32.9 Å². The zero-order valence-corrected chi connectivity index (χ0v) is 11.5. The van der Waals surface area contributed by atoms with Crippen molar-refractivity contribution in [3.63, 3.8) is 0 Å². The first-order chi connectivity index (χ1) is 7.94. The SMILES string of the molecule is CC(C)(C)NCc1nnc(-c2ccc(Cl)s2)o1. The number of rotatable bonds is 3. The number of thiophene rings is 1. The van der Waals surface area contributed by atoms with Crippen molar-refractivity contribution in [2.75, 3.05) is 0 Å². The number of nitrogens with zero attached hydrogens (tertiary/aromatic N) is 2. The number of hydrogen-bond donors (Lipinski definition) is 1. The van der Waals surface area contributed by atoms with Crippen LogP contribution >= 0.6 is 22.9 Å². The van der Waals surface area contributed by atoms with E-state index in [4.69, 9.17) is 16.0 Å². The van der Waals surface area contributed by atoms with E-state index in [9.17, 15) is 0 Å². The van der Waals surface area contributed by atoms with Crippen LogP contribution in [0.5, 0.6) is 0 Å². The van der Waals surface area contributed by atoms with Gasteiger partial charge in [-0.05, 0) is 32.9 Å². The van der Waals surface area contributed by atoms with Gasteiger partial charge in [0, 0.05) is 5.54 Å². The molecule has 2 aromatic heterocycles. The monoisotopic (exact) mass is 271 g/mol. The van der Waals surface area contributed by atoms with Crippen LogP contribution in [0.4, 0.5) is 0 Å². The van der Waals surface area contributed by atoms with E-state index in [1.165, 1.54) is 11.3 Å². The van der Waals surface area contributed by atoms with Crippen molar-refractivity contribution in [3.05, 3.63) is 22.4 Å². The van der Waals surface area contributed by atoms with Gasteiger partial charge < -0.3 is 9.73 Å². The highest BCUT2D eigenvalue weighted by Gasteiger charge is 2.13. The first-order valence-electron chi connectivity index (χ1n) is 5.27. The molecule has 0 saturated heterocycles. The third-order valence-corrected chi connectivity index (χ3v) is 3.24. The van der Waals surface area contributed by atoms with Gasteiger partial charge in [0.1, 0.15) is 0 Å². The Hall–Kier alpha value is -0.910. The summed E-state index contributed by atoms with van der Waals surface area (Å²) < 4.78 is 6.26. The molecule has 2 rings (SSSR count). The maximum atomic E-state index is 5.85. The lowest BCUT2D eigenvalue weighted by Gasteiger charge is -2.18. The highest BCUT2D eigenvalue weighted by atomic mass is 35.5. The van der Waals surface area contributed by atoms with Crippen LogP contribution in [0.25, 0.3) is 10.8 Å². The van der Waals surface area contributed by atoms with Crippen molar-refractivity contribution >= 4 is 22.9 Å². The van der Waals surface area contributed by atoms with Crippen molar-refractivity contribution < 1.29 is 4.42 Å². The lowest BCUT2D eigenvalue weighted by atomic mass is 10.1. The number of aromatic nitrogens is 2. The number of hydrogen-bond acceptors (Lipinski definition) is 5. The number of halogens is 1. The third kappa shape index (κ3) is 3.52. The van der Waals surface area contributed by atoms with Crippen LogP contribution in [0, 0.1) is 0 Å². The molecule has 0 spiro atoms. The molecule has 2 heterocycles. The van der Waals surface area contributed by atoms with E-state index in [1.54, 1.807) is 0 Å². The number of nitrogens with one attached hydrogen (secondary N) is 1. The van der Waals surface area contributed by atoms with Crippen LogP contribution in [-0.4, -0.2) is 15.7 Å². The molecule has 0 radical (unpaired) electrons. The highest BCUT2D eigenvalue weighted by molar-refractivity contribution is 7.19. The van der Waals surface area contributed by atoms with Crippen molar-refractivity contribution in [3.8, 4) is 10.8 Å². The average molecular weight is 272 g/mol. The Kier molecular flexibility index (Phi) is 3.51. The summed E-state index contributed by atoms with van der Waals surface area (Å²) in [6, 6.07) is 3.69. The maximum absolute atomic E-state index is 5.85. The van der Waals surface area contributed by atoms with E-state index in [2.05, 4.69) is 36.3 Å². The molecule has 0 unspecified atom stereocenters. The van der Waals surface area contributed by atoms with E-state index in [0.29, 0.717) is 22.7 Å². The van der Waals surface area contributed by atoms with Crippen LogP contribution in [0.2, 0.25) is 4.34 Å². The van der Waals surface area contributed by atoms with Crippen molar-refractivity contribution in [2.24, 2.45) is 0 Å². The van der Waals surface area contributed by atoms with Crippen LogP contribution in [0.1, 0.15) is 26.7 Å². The summed E-state index contributed by atoms with van der Waals surface area (Å²) in [5.41, 5.74) is 0.0286. The van der Waals surface area contributed by atoms with Crippen LogP contribution < -0.4 is 5.32 Å². The zero-order chi connectivity index (χ0) is 12.5. The lowest BCUT2D eigenvalue weighted by molar-refractivity contribution is 0.384. The first-order valence-corrected chi connectivity index (χ1v) is 6.46. The van der Waals surface area contributed by atoms with E-state index in [1.807, 2.05) is 12.1 Å². The largest absolute Gasteiger partial charge is 0.419 e. The highest BCUT2D eigenvalue weighted by Crippen LogP contribution is 2.29. The molecule has 1 N–H and O–H groups in total. The summed E-state index contributed by atoms with van der Waals surface area (Å²) in [5, 5.41) is 11.3. The second-order valence-electron chi connectivity index (χ2n) is 4.71. The Labute approximate surface area is 109 Å². The van der Waals surface area contributed by atoms with Crippen molar-refractivity contribution in [1.82, 2.24) is 15.5 Å². The lowest BCUT2D eigenvalue weighted by Crippen LogP contribution is -2.35. The minimum atomic E-state index is 0.0286. The normalized spacial score (nSPS) is 12.0. The summed E-state index contributed by atoms with van der Waals surface area (Å²) >= 11 is 7.28. The summed E-state index contributed by atoms with van der Waals surface area (Å²) in [7, 11) is 0. The third-order valence-electron chi connectivity index (χ3n) is 2.02. The topological polar surface area (TPSA) is 51.0 Å². The van der Waals surface area contributed by atoms with Crippen LogP contribution in [0.15, 0.2) is 16.5 Å². The molecule has 17 heavy (non-hydrogen) atoms. The van der Waals surface area contributed by atoms with Gasteiger partial charge in [-0.3, -0.25) is 0 Å². The van der Waals surface area contributed by atoms with Gasteiger partial charge in [-0.15, -0.1) is 21.5 Å². The minimum Gasteiger partial charge on any atom is -0.419 e. The quantitative estimate of drug-likeness (QED) is 0.930. The predicted molar refractivity (Wildman–Crippen MR) is 69.2 cm³/mol. The first kappa shape index (κ1) is 12.5. The Morgan fingerprint density at radius 3 is 2.71 bits per heavy atom. The molecule has 0 aliphatic rings. The van der Waals surface area contributed by atoms with Crippen LogP contribution in [0.3, 0.4) is 0 Å². The molecular formula is C11H14ClN3OS. The summed E-state index contributed by atoms with van der Waals surface area (Å²) in [6.45, 7) is 6.82. The molecule has 0 bridgehead atoms. The van der Waals surface area contributed by atoms with E-state index < -0.39 is 0 Å². The molecule has 6 heteroatoms. The molecule has 0 fully saturated rings. The van der Waals surface area contributed by atoms with Gasteiger partial charge in [0.15, 0.2) is 0 Å².